The maximum atomic E-state index is 4.36. The first-order valence-corrected chi connectivity index (χ1v) is 7.18. The molecule has 0 aliphatic carbocycles. The van der Waals surface area contributed by atoms with Crippen molar-refractivity contribution in [2.45, 2.75) is 26.3 Å². The van der Waals surface area contributed by atoms with E-state index in [0.29, 0.717) is 6.04 Å². The Hall–Kier alpha value is -0.710. The van der Waals surface area contributed by atoms with Crippen molar-refractivity contribution in [2.24, 2.45) is 0 Å². The maximum absolute atomic E-state index is 4.36. The van der Waals surface area contributed by atoms with Gasteiger partial charge in [-0.15, -0.1) is 11.3 Å². The van der Waals surface area contributed by atoms with E-state index in [1.165, 1.54) is 15.4 Å². The van der Waals surface area contributed by atoms with Gasteiger partial charge in [0, 0.05) is 30.1 Å². The summed E-state index contributed by atoms with van der Waals surface area (Å²) in [7, 11) is 0. The molecule has 0 fully saturated rings. The third-order valence-electron chi connectivity index (χ3n) is 2.50. The number of aryl methyl sites for hydroxylation is 1. The van der Waals surface area contributed by atoms with E-state index in [1.54, 1.807) is 22.7 Å². The van der Waals surface area contributed by atoms with Crippen molar-refractivity contribution in [3.05, 3.63) is 38.5 Å². The van der Waals surface area contributed by atoms with E-state index < -0.39 is 0 Å². The molecule has 0 spiro atoms. The molecule has 2 rings (SSSR count). The van der Waals surface area contributed by atoms with Crippen LogP contribution in [0.2, 0.25) is 0 Å². The summed E-state index contributed by atoms with van der Waals surface area (Å²) in [5.74, 6) is 0. The average Bonchev–Trinajstić information content (AvgIpc) is 2.89. The van der Waals surface area contributed by atoms with Crippen molar-refractivity contribution in [1.29, 1.82) is 0 Å². The van der Waals surface area contributed by atoms with E-state index in [0.717, 1.165) is 13.0 Å². The molecule has 0 radical (unpaired) electrons. The van der Waals surface area contributed by atoms with Crippen molar-refractivity contribution in [1.82, 2.24) is 10.3 Å². The van der Waals surface area contributed by atoms with Gasteiger partial charge in [0.2, 0.25) is 0 Å². The monoisotopic (exact) mass is 252 g/mol. The first kappa shape index (κ1) is 11.8. The van der Waals surface area contributed by atoms with Crippen LogP contribution in [0.15, 0.2) is 23.0 Å². The molecule has 2 heterocycles. The fourth-order valence-corrected chi connectivity index (χ4v) is 3.09. The van der Waals surface area contributed by atoms with E-state index >= 15 is 0 Å². The fraction of sp³-hybridized carbons (Fsp3) is 0.417. The molecule has 2 aromatic rings. The van der Waals surface area contributed by atoms with Gasteiger partial charge in [-0.3, -0.25) is 0 Å². The third-order valence-corrected chi connectivity index (χ3v) is 4.18. The number of hydrogen-bond donors (Lipinski definition) is 1. The van der Waals surface area contributed by atoms with Crippen LogP contribution in [0.25, 0.3) is 0 Å². The minimum absolute atomic E-state index is 0.437. The Bertz CT molecular complexity index is 420. The number of aromatic nitrogens is 1. The predicted molar refractivity (Wildman–Crippen MR) is 71.3 cm³/mol. The van der Waals surface area contributed by atoms with Crippen LogP contribution in [0, 0.1) is 6.92 Å². The Kier molecular flexibility index (Phi) is 4.09. The van der Waals surface area contributed by atoms with Crippen molar-refractivity contribution in [3.63, 3.8) is 0 Å². The Morgan fingerprint density at radius 3 is 3.00 bits per heavy atom. The molecule has 1 unspecified atom stereocenters. The van der Waals surface area contributed by atoms with Gasteiger partial charge in [-0.2, -0.15) is 11.3 Å². The molecular weight excluding hydrogens is 236 g/mol. The predicted octanol–water partition coefficient (Wildman–Crippen LogP) is 3.41. The van der Waals surface area contributed by atoms with Gasteiger partial charge >= 0.3 is 0 Å². The zero-order chi connectivity index (χ0) is 11.4. The number of nitrogens with zero attached hydrogens (tertiary/aromatic N) is 1. The van der Waals surface area contributed by atoms with E-state index in [2.05, 4.69) is 41.0 Å². The van der Waals surface area contributed by atoms with E-state index in [9.17, 15) is 0 Å². The summed E-state index contributed by atoms with van der Waals surface area (Å²) in [6.07, 6.45) is 2.97. The van der Waals surface area contributed by atoms with Gasteiger partial charge in [-0.25, -0.2) is 4.98 Å². The summed E-state index contributed by atoms with van der Waals surface area (Å²) in [5.41, 5.74) is 1.38. The largest absolute Gasteiger partial charge is 0.310 e. The molecule has 86 valence electrons. The van der Waals surface area contributed by atoms with Gasteiger partial charge in [0.1, 0.15) is 0 Å². The zero-order valence-electron chi connectivity index (χ0n) is 9.56. The van der Waals surface area contributed by atoms with E-state index in [4.69, 9.17) is 0 Å². The number of thiophene rings is 1. The number of hydrogen-bond acceptors (Lipinski definition) is 4. The lowest BCUT2D eigenvalue weighted by Gasteiger charge is -2.11. The molecule has 0 bridgehead atoms. The lowest BCUT2D eigenvalue weighted by Crippen LogP contribution is -2.20. The van der Waals surface area contributed by atoms with Crippen LogP contribution in [-0.4, -0.2) is 11.5 Å². The SMILES string of the molecule is Cc1cnc(CCNC(C)c2ccsc2)s1. The quantitative estimate of drug-likeness (QED) is 0.882. The number of rotatable bonds is 5. The van der Waals surface area contributed by atoms with E-state index in [1.807, 2.05) is 6.20 Å². The first-order chi connectivity index (χ1) is 7.75. The van der Waals surface area contributed by atoms with Gasteiger partial charge in [0.05, 0.1) is 5.01 Å². The fourth-order valence-electron chi connectivity index (χ4n) is 1.55. The summed E-state index contributed by atoms with van der Waals surface area (Å²) in [6, 6.07) is 2.61. The standard InChI is InChI=1S/C12H16N2S2/c1-9-7-14-12(16-9)3-5-13-10(2)11-4-6-15-8-11/h4,6-8,10,13H,3,5H2,1-2H3. The van der Waals surface area contributed by atoms with Crippen molar-refractivity contribution < 1.29 is 0 Å². The van der Waals surface area contributed by atoms with Gasteiger partial charge in [-0.05, 0) is 36.2 Å². The molecular formula is C12H16N2S2. The van der Waals surface area contributed by atoms with Gasteiger partial charge in [-0.1, -0.05) is 0 Å². The molecule has 0 aromatic carbocycles. The minimum atomic E-state index is 0.437. The van der Waals surface area contributed by atoms with Gasteiger partial charge in [0.25, 0.3) is 0 Å². The lowest BCUT2D eigenvalue weighted by molar-refractivity contribution is 0.578. The van der Waals surface area contributed by atoms with E-state index in [-0.39, 0.29) is 0 Å². The van der Waals surface area contributed by atoms with Crippen molar-refractivity contribution >= 4 is 22.7 Å². The van der Waals surface area contributed by atoms with Crippen LogP contribution >= 0.6 is 22.7 Å². The minimum Gasteiger partial charge on any atom is -0.310 e. The number of thiazole rings is 1. The Morgan fingerprint density at radius 2 is 2.38 bits per heavy atom. The summed E-state index contributed by atoms with van der Waals surface area (Å²) >= 11 is 3.54. The van der Waals surface area contributed by atoms with Crippen LogP contribution < -0.4 is 5.32 Å². The van der Waals surface area contributed by atoms with Gasteiger partial charge in [0.15, 0.2) is 0 Å². The second-order valence-corrected chi connectivity index (χ2v) is 5.95. The lowest BCUT2D eigenvalue weighted by atomic mass is 10.2. The summed E-state index contributed by atoms with van der Waals surface area (Å²) in [5, 5.41) is 9.06. The molecule has 0 aliphatic heterocycles. The van der Waals surface area contributed by atoms with Crippen LogP contribution in [0.3, 0.4) is 0 Å². The van der Waals surface area contributed by atoms with Crippen LogP contribution in [0.1, 0.15) is 28.4 Å². The van der Waals surface area contributed by atoms with Crippen molar-refractivity contribution in [3.8, 4) is 0 Å². The molecule has 4 heteroatoms. The second-order valence-electron chi connectivity index (χ2n) is 3.85. The second kappa shape index (κ2) is 5.57. The smallest absolute Gasteiger partial charge is 0.0940 e. The Morgan fingerprint density at radius 1 is 1.50 bits per heavy atom. The van der Waals surface area contributed by atoms with Crippen LogP contribution in [-0.2, 0) is 6.42 Å². The molecule has 0 amide bonds. The molecule has 2 aromatic heterocycles. The highest BCUT2D eigenvalue weighted by molar-refractivity contribution is 7.11. The highest BCUT2D eigenvalue weighted by Gasteiger charge is 2.05. The zero-order valence-corrected chi connectivity index (χ0v) is 11.2. The maximum Gasteiger partial charge on any atom is 0.0940 e. The molecule has 2 nitrogen and oxygen atoms in total. The topological polar surface area (TPSA) is 24.9 Å². The highest BCUT2D eigenvalue weighted by Crippen LogP contribution is 2.16. The normalized spacial score (nSPS) is 12.9. The van der Waals surface area contributed by atoms with Gasteiger partial charge < -0.3 is 5.32 Å². The molecule has 0 aliphatic rings. The van der Waals surface area contributed by atoms with Crippen LogP contribution in [0.5, 0.6) is 0 Å². The third kappa shape index (κ3) is 3.14. The molecule has 0 saturated heterocycles. The Labute approximate surface area is 104 Å². The molecule has 1 atom stereocenters. The molecule has 0 saturated carbocycles. The average molecular weight is 252 g/mol. The first-order valence-electron chi connectivity index (χ1n) is 5.42. The van der Waals surface area contributed by atoms with Crippen LogP contribution in [0.4, 0.5) is 0 Å². The summed E-state index contributed by atoms with van der Waals surface area (Å²) < 4.78 is 0. The molecule has 1 N–H and O–H groups in total. The number of nitrogens with one attached hydrogen (secondary N) is 1. The molecule has 16 heavy (non-hydrogen) atoms. The summed E-state index contributed by atoms with van der Waals surface area (Å²) in [6.45, 7) is 5.29. The highest BCUT2D eigenvalue weighted by atomic mass is 32.1. The van der Waals surface area contributed by atoms with Crippen molar-refractivity contribution in [2.75, 3.05) is 6.54 Å². The summed E-state index contributed by atoms with van der Waals surface area (Å²) in [4.78, 5) is 5.65. The Balaban J connectivity index is 1.76.